The fourth-order valence-electron chi connectivity index (χ4n) is 2.73. The molecule has 0 bridgehead atoms. The number of aryl methyl sites for hydroxylation is 1. The Morgan fingerprint density at radius 2 is 2.11 bits per heavy atom. The normalized spacial score (nSPS) is 24.8. The molecule has 1 aromatic heterocycles. The number of anilines is 1. The number of carbonyl (C=O) groups excluding carboxylic acids is 1. The highest BCUT2D eigenvalue weighted by molar-refractivity contribution is 5.78. The number of amides is 1. The minimum absolute atomic E-state index is 0.194. The third-order valence-corrected chi connectivity index (χ3v) is 3.80. The average molecular weight is 264 g/mol. The van der Waals surface area contributed by atoms with Crippen LogP contribution in [0.1, 0.15) is 18.7 Å². The zero-order chi connectivity index (χ0) is 13.2. The molecule has 2 aliphatic heterocycles. The van der Waals surface area contributed by atoms with Gasteiger partial charge in [-0.2, -0.15) is 4.98 Å². The van der Waals surface area contributed by atoms with Crippen LogP contribution in [0, 0.1) is 6.92 Å². The molecule has 104 valence electrons. The largest absolute Gasteiger partial charge is 0.352 e. The summed E-state index contributed by atoms with van der Waals surface area (Å²) < 4.78 is 0. The third-order valence-electron chi connectivity index (χ3n) is 3.80. The van der Waals surface area contributed by atoms with Crippen molar-refractivity contribution in [3.8, 4) is 0 Å². The SMILES string of the molecule is Cc1nc(N2CCN(C[C@@H]3CCC(=O)N3)CC2)n[nH]1. The number of hydrogen-bond acceptors (Lipinski definition) is 5. The van der Waals surface area contributed by atoms with Gasteiger partial charge in [-0.15, -0.1) is 5.10 Å². The number of piperazine rings is 1. The fraction of sp³-hybridized carbons (Fsp3) is 0.750. The molecule has 0 saturated carbocycles. The lowest BCUT2D eigenvalue weighted by atomic mass is 10.2. The van der Waals surface area contributed by atoms with E-state index < -0.39 is 0 Å². The summed E-state index contributed by atoms with van der Waals surface area (Å²) in [5.41, 5.74) is 0. The van der Waals surface area contributed by atoms with E-state index in [1.807, 2.05) is 6.92 Å². The fourth-order valence-corrected chi connectivity index (χ4v) is 2.73. The Balaban J connectivity index is 1.48. The molecule has 3 rings (SSSR count). The first-order valence-corrected chi connectivity index (χ1v) is 6.86. The molecule has 7 nitrogen and oxygen atoms in total. The summed E-state index contributed by atoms with van der Waals surface area (Å²) in [7, 11) is 0. The first-order valence-electron chi connectivity index (χ1n) is 6.86. The van der Waals surface area contributed by atoms with Gasteiger partial charge in [0.1, 0.15) is 5.82 Å². The number of carbonyl (C=O) groups is 1. The van der Waals surface area contributed by atoms with E-state index in [1.54, 1.807) is 0 Å². The van der Waals surface area contributed by atoms with Crippen molar-refractivity contribution in [1.82, 2.24) is 25.4 Å². The summed E-state index contributed by atoms with van der Waals surface area (Å²) in [5, 5.41) is 10.1. The highest BCUT2D eigenvalue weighted by Gasteiger charge is 2.25. The lowest BCUT2D eigenvalue weighted by molar-refractivity contribution is -0.119. The Hall–Kier alpha value is -1.63. The van der Waals surface area contributed by atoms with Crippen molar-refractivity contribution in [2.24, 2.45) is 0 Å². The lowest BCUT2D eigenvalue weighted by Crippen LogP contribution is -2.50. The maximum atomic E-state index is 11.2. The van der Waals surface area contributed by atoms with Crippen molar-refractivity contribution in [1.29, 1.82) is 0 Å². The number of rotatable bonds is 3. The van der Waals surface area contributed by atoms with Gasteiger partial charge in [-0.25, -0.2) is 0 Å². The van der Waals surface area contributed by atoms with Gasteiger partial charge in [0.05, 0.1) is 0 Å². The van der Waals surface area contributed by atoms with Gasteiger partial charge in [-0.1, -0.05) is 0 Å². The molecule has 3 heterocycles. The molecule has 0 aromatic carbocycles. The number of H-pyrrole nitrogens is 1. The van der Waals surface area contributed by atoms with Crippen molar-refractivity contribution >= 4 is 11.9 Å². The molecule has 2 fully saturated rings. The zero-order valence-corrected chi connectivity index (χ0v) is 11.2. The summed E-state index contributed by atoms with van der Waals surface area (Å²) in [6.45, 7) is 6.76. The second-order valence-corrected chi connectivity index (χ2v) is 5.31. The summed E-state index contributed by atoms with van der Waals surface area (Å²) >= 11 is 0. The number of aromatic amines is 1. The van der Waals surface area contributed by atoms with Crippen LogP contribution in [0.25, 0.3) is 0 Å². The van der Waals surface area contributed by atoms with Gasteiger partial charge in [-0.3, -0.25) is 14.8 Å². The maximum absolute atomic E-state index is 11.2. The van der Waals surface area contributed by atoms with Gasteiger partial charge in [-0.05, 0) is 13.3 Å². The van der Waals surface area contributed by atoms with Crippen LogP contribution in [0.2, 0.25) is 0 Å². The average Bonchev–Trinajstić information content (AvgIpc) is 3.00. The molecular weight excluding hydrogens is 244 g/mol. The Labute approximate surface area is 112 Å². The Morgan fingerprint density at radius 1 is 1.32 bits per heavy atom. The second kappa shape index (κ2) is 5.16. The first kappa shape index (κ1) is 12.4. The van der Waals surface area contributed by atoms with Crippen LogP contribution in [-0.4, -0.2) is 64.8 Å². The lowest BCUT2D eigenvalue weighted by Gasteiger charge is -2.35. The van der Waals surface area contributed by atoms with Crippen LogP contribution in [0.3, 0.4) is 0 Å². The molecular formula is C12H20N6O. The number of hydrogen-bond donors (Lipinski definition) is 2. The van der Waals surface area contributed by atoms with Gasteiger partial charge in [0.15, 0.2) is 0 Å². The molecule has 1 atom stereocenters. The predicted molar refractivity (Wildman–Crippen MR) is 70.9 cm³/mol. The minimum atomic E-state index is 0.194. The third kappa shape index (κ3) is 2.86. The van der Waals surface area contributed by atoms with E-state index >= 15 is 0 Å². The molecule has 2 N–H and O–H groups in total. The van der Waals surface area contributed by atoms with E-state index in [9.17, 15) is 4.79 Å². The molecule has 2 saturated heterocycles. The highest BCUT2D eigenvalue weighted by Crippen LogP contribution is 2.13. The smallest absolute Gasteiger partial charge is 0.244 e. The van der Waals surface area contributed by atoms with Crippen molar-refractivity contribution in [3.63, 3.8) is 0 Å². The topological polar surface area (TPSA) is 77.2 Å². The van der Waals surface area contributed by atoms with Crippen LogP contribution in [0.5, 0.6) is 0 Å². The summed E-state index contributed by atoms with van der Waals surface area (Å²) in [4.78, 5) is 20.1. The molecule has 1 amide bonds. The molecule has 19 heavy (non-hydrogen) atoms. The van der Waals surface area contributed by atoms with Crippen molar-refractivity contribution in [3.05, 3.63) is 5.82 Å². The van der Waals surface area contributed by atoms with Gasteiger partial charge in [0.25, 0.3) is 0 Å². The summed E-state index contributed by atoms with van der Waals surface area (Å²) in [6.07, 6.45) is 1.65. The Kier molecular flexibility index (Phi) is 3.37. The Bertz CT molecular complexity index is 451. The van der Waals surface area contributed by atoms with E-state index in [2.05, 4.69) is 30.3 Å². The maximum Gasteiger partial charge on any atom is 0.244 e. The van der Waals surface area contributed by atoms with E-state index in [0.29, 0.717) is 12.5 Å². The molecule has 7 heteroatoms. The highest BCUT2D eigenvalue weighted by atomic mass is 16.1. The summed E-state index contributed by atoms with van der Waals surface area (Å²) in [6, 6.07) is 0.338. The second-order valence-electron chi connectivity index (χ2n) is 5.31. The number of aromatic nitrogens is 3. The van der Waals surface area contributed by atoms with Gasteiger partial charge in [0.2, 0.25) is 11.9 Å². The van der Waals surface area contributed by atoms with Crippen molar-refractivity contribution < 1.29 is 4.79 Å². The standard InChI is InChI=1S/C12H20N6O/c1-9-13-12(16-15-9)18-6-4-17(5-7-18)8-10-2-3-11(19)14-10/h10H,2-8H2,1H3,(H,14,19)(H,13,15,16)/t10-/m0/s1. The quantitative estimate of drug-likeness (QED) is 0.770. The van der Waals surface area contributed by atoms with Crippen LogP contribution in [0.15, 0.2) is 0 Å². The number of nitrogens with one attached hydrogen (secondary N) is 2. The predicted octanol–water partition coefficient (Wildman–Crippen LogP) is -0.486. The minimum Gasteiger partial charge on any atom is -0.352 e. The van der Waals surface area contributed by atoms with Gasteiger partial charge >= 0.3 is 0 Å². The van der Waals surface area contributed by atoms with Crippen LogP contribution in [-0.2, 0) is 4.79 Å². The molecule has 0 unspecified atom stereocenters. The van der Waals surface area contributed by atoms with E-state index in [1.165, 1.54) is 0 Å². The molecule has 0 radical (unpaired) electrons. The van der Waals surface area contributed by atoms with E-state index in [0.717, 1.165) is 50.9 Å². The van der Waals surface area contributed by atoms with Crippen molar-refractivity contribution in [2.45, 2.75) is 25.8 Å². The summed E-state index contributed by atoms with van der Waals surface area (Å²) in [5.74, 6) is 1.84. The Morgan fingerprint density at radius 3 is 2.68 bits per heavy atom. The van der Waals surface area contributed by atoms with E-state index in [-0.39, 0.29) is 5.91 Å². The van der Waals surface area contributed by atoms with Gasteiger partial charge in [0, 0.05) is 45.2 Å². The number of nitrogens with zero attached hydrogens (tertiary/aromatic N) is 4. The van der Waals surface area contributed by atoms with Crippen LogP contribution >= 0.6 is 0 Å². The molecule has 0 spiro atoms. The van der Waals surface area contributed by atoms with Crippen LogP contribution < -0.4 is 10.2 Å². The van der Waals surface area contributed by atoms with Crippen LogP contribution in [0.4, 0.5) is 5.95 Å². The zero-order valence-electron chi connectivity index (χ0n) is 11.2. The monoisotopic (exact) mass is 264 g/mol. The molecule has 0 aliphatic carbocycles. The first-order chi connectivity index (χ1) is 9.20. The molecule has 1 aromatic rings. The van der Waals surface area contributed by atoms with Gasteiger partial charge < -0.3 is 10.2 Å². The molecule has 2 aliphatic rings. The van der Waals surface area contributed by atoms with E-state index in [4.69, 9.17) is 0 Å². The van der Waals surface area contributed by atoms with Crippen molar-refractivity contribution in [2.75, 3.05) is 37.6 Å².